The molecular weight excluding hydrogens is 343 g/mol. The summed E-state index contributed by atoms with van der Waals surface area (Å²) in [6.07, 6.45) is 2.59. The summed E-state index contributed by atoms with van der Waals surface area (Å²) in [6, 6.07) is 5.83. The van der Waals surface area contributed by atoms with Gasteiger partial charge in [-0.15, -0.1) is 24.0 Å². The Morgan fingerprint density at radius 2 is 2.33 bits per heavy atom. The summed E-state index contributed by atoms with van der Waals surface area (Å²) < 4.78 is 0. The number of nitrogens with zero attached hydrogens (tertiary/aromatic N) is 2. The third kappa shape index (κ3) is 7.44. The van der Waals surface area contributed by atoms with Crippen LogP contribution < -0.4 is 11.1 Å². The van der Waals surface area contributed by atoms with Crippen molar-refractivity contribution in [1.29, 1.82) is 0 Å². The van der Waals surface area contributed by atoms with Gasteiger partial charge in [0.2, 0.25) is 0 Å². The number of aliphatic hydroxyl groups excluding tert-OH is 1. The monoisotopic (exact) mass is 364 g/mol. The summed E-state index contributed by atoms with van der Waals surface area (Å²) in [4.78, 5) is 8.34. The minimum absolute atomic E-state index is 0. The van der Waals surface area contributed by atoms with E-state index in [1.807, 2.05) is 25.1 Å². The molecule has 0 fully saturated rings. The molecule has 102 valence electrons. The summed E-state index contributed by atoms with van der Waals surface area (Å²) in [5.74, 6) is 0.562. The first-order chi connectivity index (χ1) is 8.22. The Morgan fingerprint density at radius 1 is 1.56 bits per heavy atom. The van der Waals surface area contributed by atoms with Crippen LogP contribution >= 0.6 is 24.0 Å². The van der Waals surface area contributed by atoms with Crippen molar-refractivity contribution in [2.45, 2.75) is 13.3 Å². The topological polar surface area (TPSA) is 83.5 Å². The van der Waals surface area contributed by atoms with E-state index in [2.05, 4.69) is 15.3 Å². The fourth-order valence-electron chi connectivity index (χ4n) is 1.23. The highest BCUT2D eigenvalue weighted by Gasteiger charge is 1.98. The summed E-state index contributed by atoms with van der Waals surface area (Å²) >= 11 is 0. The first kappa shape index (κ1) is 17.1. The molecule has 0 saturated heterocycles. The van der Waals surface area contributed by atoms with Crippen molar-refractivity contribution < 1.29 is 5.11 Å². The largest absolute Gasteiger partial charge is 0.396 e. The lowest BCUT2D eigenvalue weighted by Gasteiger charge is -2.07. The number of nitrogens with one attached hydrogen (secondary N) is 1. The molecule has 1 aromatic heterocycles. The zero-order chi connectivity index (χ0) is 12.5. The Balaban J connectivity index is 0.00000289. The number of hydrogen-bond acceptors (Lipinski definition) is 3. The number of halogens is 1. The molecule has 0 bridgehead atoms. The first-order valence-corrected chi connectivity index (χ1v) is 5.77. The third-order valence-electron chi connectivity index (χ3n) is 2.30. The lowest BCUT2D eigenvalue weighted by molar-refractivity contribution is 0.241. The van der Waals surface area contributed by atoms with Crippen molar-refractivity contribution in [2.24, 2.45) is 16.6 Å². The van der Waals surface area contributed by atoms with Crippen LogP contribution in [-0.4, -0.2) is 35.7 Å². The van der Waals surface area contributed by atoms with Gasteiger partial charge in [-0.05, 0) is 18.1 Å². The van der Waals surface area contributed by atoms with Gasteiger partial charge in [-0.25, -0.2) is 0 Å². The fourth-order valence-corrected chi connectivity index (χ4v) is 1.23. The minimum atomic E-state index is 0. The van der Waals surface area contributed by atoms with Crippen LogP contribution in [0.5, 0.6) is 0 Å². The van der Waals surface area contributed by atoms with E-state index in [0.717, 1.165) is 12.1 Å². The van der Waals surface area contributed by atoms with E-state index in [9.17, 15) is 0 Å². The second-order valence-electron chi connectivity index (χ2n) is 4.01. The molecule has 1 rings (SSSR count). The zero-order valence-corrected chi connectivity index (χ0v) is 12.9. The van der Waals surface area contributed by atoms with Crippen LogP contribution in [0.25, 0.3) is 0 Å². The van der Waals surface area contributed by atoms with Gasteiger partial charge in [-0.1, -0.05) is 13.0 Å². The highest BCUT2D eigenvalue weighted by Crippen LogP contribution is 1.94. The normalized spacial score (nSPS) is 12.7. The number of guanidine groups is 1. The molecule has 0 aliphatic heterocycles. The van der Waals surface area contributed by atoms with Gasteiger partial charge < -0.3 is 16.2 Å². The number of pyridine rings is 1. The lowest BCUT2D eigenvalue weighted by atomic mass is 10.2. The van der Waals surface area contributed by atoms with E-state index in [4.69, 9.17) is 10.8 Å². The number of nitrogens with two attached hydrogens (primary N) is 1. The second kappa shape index (κ2) is 10.1. The average molecular weight is 364 g/mol. The quantitative estimate of drug-likeness (QED) is 0.396. The van der Waals surface area contributed by atoms with Crippen LogP contribution in [0, 0.1) is 5.92 Å². The maximum atomic E-state index is 8.83. The Morgan fingerprint density at radius 3 is 2.94 bits per heavy atom. The SMILES string of the molecule is CC(CO)CN=C(N)NCCc1ccccn1.I. The van der Waals surface area contributed by atoms with E-state index >= 15 is 0 Å². The van der Waals surface area contributed by atoms with Crippen molar-refractivity contribution in [1.82, 2.24) is 10.3 Å². The molecular formula is C12H21IN4O. The van der Waals surface area contributed by atoms with E-state index in [0.29, 0.717) is 19.0 Å². The molecule has 0 saturated carbocycles. The molecule has 1 aromatic rings. The number of aromatic nitrogens is 1. The maximum Gasteiger partial charge on any atom is 0.188 e. The minimum Gasteiger partial charge on any atom is -0.396 e. The molecule has 5 nitrogen and oxygen atoms in total. The maximum absolute atomic E-state index is 8.83. The zero-order valence-electron chi connectivity index (χ0n) is 10.5. The van der Waals surface area contributed by atoms with Crippen LogP contribution in [0.15, 0.2) is 29.4 Å². The summed E-state index contributed by atoms with van der Waals surface area (Å²) in [5.41, 5.74) is 6.70. The van der Waals surface area contributed by atoms with Gasteiger partial charge in [0, 0.05) is 38.0 Å². The van der Waals surface area contributed by atoms with E-state index in [1.54, 1.807) is 6.20 Å². The van der Waals surface area contributed by atoms with E-state index in [1.165, 1.54) is 0 Å². The van der Waals surface area contributed by atoms with Gasteiger partial charge in [0.25, 0.3) is 0 Å². The van der Waals surface area contributed by atoms with Gasteiger partial charge in [0.05, 0.1) is 0 Å². The molecule has 0 amide bonds. The van der Waals surface area contributed by atoms with Gasteiger partial charge in [-0.3, -0.25) is 9.98 Å². The van der Waals surface area contributed by atoms with E-state index in [-0.39, 0.29) is 36.5 Å². The standard InChI is InChI=1S/C12H20N4O.HI/c1-10(9-17)8-16-12(13)15-7-5-11-4-2-3-6-14-11;/h2-4,6,10,17H,5,7-9H2,1H3,(H3,13,15,16);1H. The number of aliphatic hydroxyl groups is 1. The van der Waals surface area contributed by atoms with Crippen LogP contribution in [0.4, 0.5) is 0 Å². The predicted octanol–water partition coefficient (Wildman–Crippen LogP) is 0.775. The summed E-state index contributed by atoms with van der Waals surface area (Å²) in [6.45, 7) is 3.30. The first-order valence-electron chi connectivity index (χ1n) is 5.77. The van der Waals surface area contributed by atoms with Gasteiger partial charge in [0.15, 0.2) is 5.96 Å². The van der Waals surface area contributed by atoms with Crippen LogP contribution in [0.1, 0.15) is 12.6 Å². The Kier molecular flexibility index (Phi) is 9.57. The van der Waals surface area contributed by atoms with Crippen molar-refractivity contribution in [3.05, 3.63) is 30.1 Å². The molecule has 1 atom stereocenters. The van der Waals surface area contributed by atoms with Gasteiger partial charge >= 0.3 is 0 Å². The fraction of sp³-hybridized carbons (Fsp3) is 0.500. The molecule has 0 aromatic carbocycles. The molecule has 0 radical (unpaired) electrons. The van der Waals surface area contributed by atoms with Crippen LogP contribution in [0.2, 0.25) is 0 Å². The highest BCUT2D eigenvalue weighted by atomic mass is 127. The average Bonchev–Trinajstić information content (AvgIpc) is 2.37. The molecule has 1 unspecified atom stereocenters. The molecule has 0 aliphatic rings. The molecule has 4 N–H and O–H groups in total. The Labute approximate surface area is 125 Å². The molecule has 0 spiro atoms. The predicted molar refractivity (Wildman–Crippen MR) is 84.1 cm³/mol. The smallest absolute Gasteiger partial charge is 0.188 e. The van der Waals surface area contributed by atoms with E-state index < -0.39 is 0 Å². The third-order valence-corrected chi connectivity index (χ3v) is 2.30. The van der Waals surface area contributed by atoms with Crippen molar-refractivity contribution in [3.8, 4) is 0 Å². The van der Waals surface area contributed by atoms with Crippen LogP contribution in [-0.2, 0) is 6.42 Å². The van der Waals surface area contributed by atoms with Crippen molar-refractivity contribution in [2.75, 3.05) is 19.7 Å². The number of hydrogen-bond donors (Lipinski definition) is 3. The summed E-state index contributed by atoms with van der Waals surface area (Å²) in [7, 11) is 0. The van der Waals surface area contributed by atoms with Crippen LogP contribution in [0.3, 0.4) is 0 Å². The van der Waals surface area contributed by atoms with Gasteiger partial charge in [-0.2, -0.15) is 0 Å². The Bertz CT molecular complexity index is 345. The summed E-state index contributed by atoms with van der Waals surface area (Å²) in [5, 5.41) is 11.9. The second-order valence-corrected chi connectivity index (χ2v) is 4.01. The lowest BCUT2D eigenvalue weighted by Crippen LogP contribution is -2.33. The molecule has 18 heavy (non-hydrogen) atoms. The Hall–Kier alpha value is -0.890. The number of rotatable bonds is 6. The van der Waals surface area contributed by atoms with Crippen molar-refractivity contribution >= 4 is 29.9 Å². The molecule has 1 heterocycles. The number of aliphatic imine (C=N–C) groups is 1. The van der Waals surface area contributed by atoms with Gasteiger partial charge in [0.1, 0.15) is 0 Å². The molecule has 0 aliphatic carbocycles. The highest BCUT2D eigenvalue weighted by molar-refractivity contribution is 14.0. The van der Waals surface area contributed by atoms with Crippen molar-refractivity contribution in [3.63, 3.8) is 0 Å². The molecule has 6 heteroatoms.